The molecule has 2 atom stereocenters. The van der Waals surface area contributed by atoms with E-state index in [1.165, 1.54) is 50.9 Å². The van der Waals surface area contributed by atoms with Gasteiger partial charge in [0, 0.05) is 17.1 Å². The molecule has 1 unspecified atom stereocenters. The molecule has 0 saturated carbocycles. The number of hydrogen-bond acceptors (Lipinski definition) is 2. The molecule has 0 amide bonds. The van der Waals surface area contributed by atoms with Crippen molar-refractivity contribution in [3.63, 3.8) is 0 Å². The first-order valence-electron chi connectivity index (χ1n) is 7.93. The molecule has 1 aliphatic rings. The van der Waals surface area contributed by atoms with Crippen LogP contribution in [-0.2, 0) is 0 Å². The number of rotatable bonds is 5. The van der Waals surface area contributed by atoms with Crippen molar-refractivity contribution in [2.75, 3.05) is 19.6 Å². The number of halogens is 1. The summed E-state index contributed by atoms with van der Waals surface area (Å²) in [4.78, 5) is 2.60. The average molecular weight is 295 g/mol. The van der Waals surface area contributed by atoms with E-state index in [-0.39, 0.29) is 0 Å². The molecule has 1 saturated heterocycles. The van der Waals surface area contributed by atoms with Crippen LogP contribution in [0, 0.1) is 0 Å². The Morgan fingerprint density at radius 1 is 1.30 bits per heavy atom. The monoisotopic (exact) mass is 294 g/mol. The maximum atomic E-state index is 6.29. The molecule has 1 heterocycles. The lowest BCUT2D eigenvalue weighted by Crippen LogP contribution is -2.33. The molecule has 1 fully saturated rings. The number of nitrogens with zero attached hydrogens (tertiary/aromatic N) is 1. The number of likely N-dealkylation sites (tertiary alicyclic amines) is 1. The fourth-order valence-electron chi connectivity index (χ4n) is 3.13. The summed E-state index contributed by atoms with van der Waals surface area (Å²) in [6.07, 6.45) is 5.07. The molecule has 20 heavy (non-hydrogen) atoms. The molecule has 1 aliphatic heterocycles. The molecule has 2 rings (SSSR count). The van der Waals surface area contributed by atoms with Crippen molar-refractivity contribution in [2.45, 2.75) is 51.6 Å². The summed E-state index contributed by atoms with van der Waals surface area (Å²) in [5.41, 5.74) is 1.21. The molecular formula is C17H27ClN2. The van der Waals surface area contributed by atoms with Gasteiger partial charge in [-0.2, -0.15) is 0 Å². The van der Waals surface area contributed by atoms with Crippen LogP contribution in [0.5, 0.6) is 0 Å². The highest BCUT2D eigenvalue weighted by Crippen LogP contribution is 2.24. The molecular weight excluding hydrogens is 268 g/mol. The van der Waals surface area contributed by atoms with Gasteiger partial charge in [-0.05, 0) is 63.9 Å². The van der Waals surface area contributed by atoms with Gasteiger partial charge < -0.3 is 10.2 Å². The molecule has 0 aliphatic carbocycles. The maximum absolute atomic E-state index is 6.29. The lowest BCUT2D eigenvalue weighted by atomic mass is 10.0. The van der Waals surface area contributed by atoms with Gasteiger partial charge in [0.25, 0.3) is 0 Å². The largest absolute Gasteiger partial charge is 0.307 e. The third-order valence-electron chi connectivity index (χ3n) is 4.22. The lowest BCUT2D eigenvalue weighted by molar-refractivity contribution is 0.281. The van der Waals surface area contributed by atoms with E-state index in [1.54, 1.807) is 0 Å². The Kier molecular flexibility index (Phi) is 6.34. The second kappa shape index (κ2) is 8.02. The highest BCUT2D eigenvalue weighted by molar-refractivity contribution is 6.31. The van der Waals surface area contributed by atoms with E-state index >= 15 is 0 Å². The second-order valence-corrected chi connectivity index (χ2v) is 6.29. The van der Waals surface area contributed by atoms with Gasteiger partial charge in [-0.3, -0.25) is 0 Å². The molecule has 2 nitrogen and oxygen atoms in total. The van der Waals surface area contributed by atoms with E-state index in [1.807, 2.05) is 12.1 Å². The Balaban J connectivity index is 1.88. The van der Waals surface area contributed by atoms with Gasteiger partial charge >= 0.3 is 0 Å². The fourth-order valence-corrected chi connectivity index (χ4v) is 3.43. The van der Waals surface area contributed by atoms with E-state index in [9.17, 15) is 0 Å². The topological polar surface area (TPSA) is 15.3 Å². The number of hydrogen-bond donors (Lipinski definition) is 1. The first-order chi connectivity index (χ1) is 9.70. The Hall–Kier alpha value is -0.570. The predicted octanol–water partition coefficient (Wildman–Crippen LogP) is 4.26. The smallest absolute Gasteiger partial charge is 0.0453 e. The van der Waals surface area contributed by atoms with Crippen molar-refractivity contribution in [1.82, 2.24) is 10.2 Å². The molecule has 3 heteroatoms. The van der Waals surface area contributed by atoms with Crippen LogP contribution in [0.1, 0.15) is 51.1 Å². The summed E-state index contributed by atoms with van der Waals surface area (Å²) >= 11 is 6.29. The highest BCUT2D eigenvalue weighted by atomic mass is 35.5. The van der Waals surface area contributed by atoms with Crippen LogP contribution >= 0.6 is 11.6 Å². The summed E-state index contributed by atoms with van der Waals surface area (Å²) in [6, 6.07) is 9.10. The van der Waals surface area contributed by atoms with E-state index in [0.717, 1.165) is 5.02 Å². The average Bonchev–Trinajstić information content (AvgIpc) is 2.65. The Morgan fingerprint density at radius 3 is 2.85 bits per heavy atom. The minimum atomic E-state index is 0.325. The molecule has 112 valence electrons. The summed E-state index contributed by atoms with van der Waals surface area (Å²) in [7, 11) is 0. The summed E-state index contributed by atoms with van der Waals surface area (Å²) < 4.78 is 0. The van der Waals surface area contributed by atoms with Crippen molar-refractivity contribution >= 4 is 11.6 Å². The highest BCUT2D eigenvalue weighted by Gasteiger charge is 2.19. The molecule has 0 aromatic heterocycles. The van der Waals surface area contributed by atoms with Crippen molar-refractivity contribution < 1.29 is 0 Å². The zero-order chi connectivity index (χ0) is 14.4. The van der Waals surface area contributed by atoms with E-state index in [4.69, 9.17) is 11.6 Å². The second-order valence-electron chi connectivity index (χ2n) is 5.88. The van der Waals surface area contributed by atoms with Gasteiger partial charge in [0.2, 0.25) is 0 Å². The summed E-state index contributed by atoms with van der Waals surface area (Å²) in [5.74, 6) is 0. The van der Waals surface area contributed by atoms with E-state index in [2.05, 4.69) is 36.2 Å². The minimum Gasteiger partial charge on any atom is -0.307 e. The third-order valence-corrected chi connectivity index (χ3v) is 4.56. The standard InChI is InChI=1S/C17H27ClN2/c1-3-11-20-12-6-7-15(10-13-20)19-14(2)16-8-4-5-9-17(16)18/h4-5,8-9,14-15,19H,3,6-7,10-13H2,1-2H3/t14-,15?/m1/s1. The molecule has 1 aromatic rings. The van der Waals surface area contributed by atoms with Gasteiger partial charge in [-0.1, -0.05) is 36.7 Å². The van der Waals surface area contributed by atoms with Gasteiger partial charge in [-0.15, -0.1) is 0 Å². The van der Waals surface area contributed by atoms with Crippen LogP contribution in [0.3, 0.4) is 0 Å². The van der Waals surface area contributed by atoms with Gasteiger partial charge in [0.1, 0.15) is 0 Å². The first-order valence-corrected chi connectivity index (χ1v) is 8.31. The minimum absolute atomic E-state index is 0.325. The Labute approximate surface area is 128 Å². The maximum Gasteiger partial charge on any atom is 0.0453 e. The van der Waals surface area contributed by atoms with Crippen molar-refractivity contribution in [1.29, 1.82) is 0 Å². The van der Waals surface area contributed by atoms with Gasteiger partial charge in [0.05, 0.1) is 0 Å². The fraction of sp³-hybridized carbons (Fsp3) is 0.647. The quantitative estimate of drug-likeness (QED) is 0.873. The molecule has 0 bridgehead atoms. The zero-order valence-corrected chi connectivity index (χ0v) is 13.5. The lowest BCUT2D eigenvalue weighted by Gasteiger charge is -2.23. The third kappa shape index (κ3) is 4.47. The molecule has 1 N–H and O–H groups in total. The Bertz CT molecular complexity index is 408. The molecule has 0 radical (unpaired) electrons. The summed E-state index contributed by atoms with van der Waals surface area (Å²) in [5, 5.41) is 4.64. The normalized spacial score (nSPS) is 22.4. The number of benzene rings is 1. The van der Waals surface area contributed by atoms with Crippen LogP contribution < -0.4 is 5.32 Å². The van der Waals surface area contributed by atoms with Crippen LogP contribution in [0.25, 0.3) is 0 Å². The SMILES string of the molecule is CCCN1CCCC(N[C@H](C)c2ccccc2Cl)CC1. The molecule has 1 aromatic carbocycles. The van der Waals surface area contributed by atoms with Crippen LogP contribution in [0.2, 0.25) is 5.02 Å². The van der Waals surface area contributed by atoms with Crippen molar-refractivity contribution in [2.24, 2.45) is 0 Å². The Morgan fingerprint density at radius 2 is 2.10 bits per heavy atom. The van der Waals surface area contributed by atoms with Gasteiger partial charge in [0.15, 0.2) is 0 Å². The van der Waals surface area contributed by atoms with Crippen molar-refractivity contribution in [3.05, 3.63) is 34.9 Å². The first kappa shape index (κ1) is 15.8. The van der Waals surface area contributed by atoms with Crippen LogP contribution in [0.15, 0.2) is 24.3 Å². The van der Waals surface area contributed by atoms with Gasteiger partial charge in [-0.25, -0.2) is 0 Å². The van der Waals surface area contributed by atoms with Crippen LogP contribution in [0.4, 0.5) is 0 Å². The molecule has 0 spiro atoms. The summed E-state index contributed by atoms with van der Waals surface area (Å²) in [6.45, 7) is 8.20. The van der Waals surface area contributed by atoms with Crippen LogP contribution in [-0.4, -0.2) is 30.6 Å². The zero-order valence-electron chi connectivity index (χ0n) is 12.7. The number of nitrogens with one attached hydrogen (secondary N) is 1. The van der Waals surface area contributed by atoms with E-state index in [0.29, 0.717) is 12.1 Å². The predicted molar refractivity (Wildman–Crippen MR) is 87.4 cm³/mol. The van der Waals surface area contributed by atoms with Crippen molar-refractivity contribution in [3.8, 4) is 0 Å². The van der Waals surface area contributed by atoms with E-state index < -0.39 is 0 Å².